The maximum absolute atomic E-state index is 2.89. The second kappa shape index (κ2) is 12.1. The van der Waals surface area contributed by atoms with Crippen molar-refractivity contribution in [3.8, 4) is 0 Å². The van der Waals surface area contributed by atoms with Crippen molar-refractivity contribution in [1.29, 1.82) is 0 Å². The number of allylic oxidation sites excluding steroid dienone is 8. The summed E-state index contributed by atoms with van der Waals surface area (Å²) in [6.45, 7) is 10.1. The molecule has 260 valence electrons. The molecular formula is C47H62N2. The van der Waals surface area contributed by atoms with E-state index in [2.05, 4.69) is 139 Å². The van der Waals surface area contributed by atoms with E-state index in [-0.39, 0.29) is 16.2 Å². The van der Waals surface area contributed by atoms with Gasteiger partial charge in [-0.3, -0.25) is 0 Å². The summed E-state index contributed by atoms with van der Waals surface area (Å²) >= 11 is 0. The zero-order valence-corrected chi connectivity index (χ0v) is 31.9. The summed E-state index contributed by atoms with van der Waals surface area (Å²) < 4.78 is 0. The molecule has 8 rings (SSSR count). The first-order valence-electron chi connectivity index (χ1n) is 19.8. The lowest BCUT2D eigenvalue weighted by molar-refractivity contribution is 0.156. The number of nitrogens with zero attached hydrogens (tertiary/aromatic N) is 2. The number of hydrogen-bond donors (Lipinski definition) is 0. The van der Waals surface area contributed by atoms with Crippen molar-refractivity contribution in [3.05, 3.63) is 106 Å². The third kappa shape index (κ3) is 5.24. The number of benzene rings is 2. The average Bonchev–Trinajstić information content (AvgIpc) is 3.72. The molecule has 4 saturated carbocycles. The molecule has 0 N–H and O–H groups in total. The van der Waals surface area contributed by atoms with E-state index in [1.54, 1.807) is 33.4 Å². The minimum atomic E-state index is -0.0618. The lowest BCUT2D eigenvalue weighted by Crippen LogP contribution is -2.47. The SMILES string of the molecule is CN(C)c1ccc(C(c2ccc(N(C)C)cc2)(C2CCCC2)C2C3C=C4CCCC(C)(C)C4=CC3C3C=C4C(=CC32)CCCC4(C)C)cc1. The number of hydrogen-bond acceptors (Lipinski definition) is 2. The van der Waals surface area contributed by atoms with Gasteiger partial charge in [0.1, 0.15) is 0 Å². The molecule has 0 aromatic heterocycles. The number of fused-ring (bicyclic) bond motifs is 5. The molecule has 6 aliphatic rings. The average molecular weight is 655 g/mol. The van der Waals surface area contributed by atoms with Crippen LogP contribution < -0.4 is 9.80 Å². The van der Waals surface area contributed by atoms with E-state index >= 15 is 0 Å². The van der Waals surface area contributed by atoms with Gasteiger partial charge in [-0.25, -0.2) is 0 Å². The second-order valence-electron chi connectivity index (χ2n) is 18.6. The predicted octanol–water partition coefficient (Wildman–Crippen LogP) is 11.5. The lowest BCUT2D eigenvalue weighted by Gasteiger charge is -2.51. The van der Waals surface area contributed by atoms with E-state index in [0.29, 0.717) is 35.5 Å². The Balaban J connectivity index is 1.40. The van der Waals surface area contributed by atoms with Crippen LogP contribution in [-0.2, 0) is 5.41 Å². The highest BCUT2D eigenvalue weighted by Gasteiger charge is 2.61. The smallest absolute Gasteiger partial charge is 0.0361 e. The van der Waals surface area contributed by atoms with Gasteiger partial charge in [0, 0.05) is 45.0 Å². The summed E-state index contributed by atoms with van der Waals surface area (Å²) in [7, 11) is 8.72. The largest absolute Gasteiger partial charge is 0.378 e. The molecule has 0 saturated heterocycles. The Morgan fingerprint density at radius 2 is 0.939 bits per heavy atom. The van der Waals surface area contributed by atoms with E-state index in [1.807, 2.05) is 0 Å². The Hall–Kier alpha value is -3.00. The molecule has 0 amide bonds. The molecule has 0 bridgehead atoms. The maximum atomic E-state index is 2.89. The second-order valence-corrected chi connectivity index (χ2v) is 18.6. The molecule has 0 radical (unpaired) electrons. The molecule has 0 spiro atoms. The minimum absolute atomic E-state index is 0.0618. The van der Waals surface area contributed by atoms with Crippen LogP contribution in [0, 0.1) is 46.3 Å². The highest BCUT2D eigenvalue weighted by atomic mass is 15.1. The maximum Gasteiger partial charge on any atom is 0.0361 e. The van der Waals surface area contributed by atoms with Crippen LogP contribution in [0.25, 0.3) is 0 Å². The van der Waals surface area contributed by atoms with Crippen LogP contribution in [0.2, 0.25) is 0 Å². The van der Waals surface area contributed by atoms with Gasteiger partial charge in [-0.1, -0.05) is 89.1 Å². The van der Waals surface area contributed by atoms with Crippen molar-refractivity contribution in [1.82, 2.24) is 0 Å². The van der Waals surface area contributed by atoms with Crippen molar-refractivity contribution < 1.29 is 0 Å². The molecule has 2 nitrogen and oxygen atoms in total. The molecule has 6 aliphatic carbocycles. The Kier molecular flexibility index (Phi) is 8.16. The van der Waals surface area contributed by atoms with Crippen molar-refractivity contribution in [3.63, 3.8) is 0 Å². The van der Waals surface area contributed by atoms with Gasteiger partial charge in [-0.15, -0.1) is 0 Å². The molecule has 2 aromatic carbocycles. The quantitative estimate of drug-likeness (QED) is 0.306. The first kappa shape index (κ1) is 33.2. The lowest BCUT2D eigenvalue weighted by atomic mass is 9.52. The van der Waals surface area contributed by atoms with Crippen LogP contribution in [0.15, 0.2) is 95.1 Å². The molecule has 49 heavy (non-hydrogen) atoms. The third-order valence-electron chi connectivity index (χ3n) is 14.6. The molecule has 0 heterocycles. The fraction of sp³-hybridized carbons (Fsp3) is 0.574. The van der Waals surface area contributed by atoms with Gasteiger partial charge in [0.25, 0.3) is 0 Å². The van der Waals surface area contributed by atoms with Crippen LogP contribution in [0.3, 0.4) is 0 Å². The van der Waals surface area contributed by atoms with Crippen LogP contribution in [-0.4, -0.2) is 28.2 Å². The number of anilines is 2. The van der Waals surface area contributed by atoms with Gasteiger partial charge >= 0.3 is 0 Å². The highest BCUT2D eigenvalue weighted by Crippen LogP contribution is 2.67. The van der Waals surface area contributed by atoms with Gasteiger partial charge < -0.3 is 9.80 Å². The minimum Gasteiger partial charge on any atom is -0.378 e. The molecule has 4 atom stereocenters. The van der Waals surface area contributed by atoms with Gasteiger partial charge in [-0.2, -0.15) is 0 Å². The topological polar surface area (TPSA) is 6.48 Å². The molecule has 2 aromatic rings. The molecule has 4 fully saturated rings. The summed E-state index contributed by atoms with van der Waals surface area (Å²) in [6, 6.07) is 19.9. The summed E-state index contributed by atoms with van der Waals surface area (Å²) in [5, 5.41) is 0. The van der Waals surface area contributed by atoms with Crippen molar-refractivity contribution in [2.45, 2.75) is 97.3 Å². The summed E-state index contributed by atoms with van der Waals surface area (Å²) in [6.07, 6.45) is 24.6. The fourth-order valence-corrected chi connectivity index (χ4v) is 12.2. The summed E-state index contributed by atoms with van der Waals surface area (Å²) in [5.41, 5.74) is 12.9. The fourth-order valence-electron chi connectivity index (χ4n) is 12.2. The first-order chi connectivity index (χ1) is 23.4. The van der Waals surface area contributed by atoms with Gasteiger partial charge in [0.15, 0.2) is 0 Å². The number of rotatable bonds is 6. The summed E-state index contributed by atoms with van der Waals surface area (Å²) in [4.78, 5) is 4.53. The van der Waals surface area contributed by atoms with Crippen LogP contribution >= 0.6 is 0 Å². The summed E-state index contributed by atoms with van der Waals surface area (Å²) in [5.74, 6) is 3.30. The van der Waals surface area contributed by atoms with Gasteiger partial charge in [-0.05, 0) is 155 Å². The van der Waals surface area contributed by atoms with Crippen molar-refractivity contribution >= 4 is 11.4 Å². The van der Waals surface area contributed by atoms with Gasteiger partial charge in [0.2, 0.25) is 0 Å². The van der Waals surface area contributed by atoms with E-state index in [9.17, 15) is 0 Å². The van der Waals surface area contributed by atoms with E-state index < -0.39 is 0 Å². The molecule has 4 unspecified atom stereocenters. The molecule has 2 heteroatoms. The third-order valence-corrected chi connectivity index (χ3v) is 14.6. The van der Waals surface area contributed by atoms with Crippen molar-refractivity contribution in [2.75, 3.05) is 38.0 Å². The Morgan fingerprint density at radius 3 is 1.33 bits per heavy atom. The molecular weight excluding hydrogens is 593 g/mol. The Labute approximate surface area is 298 Å². The van der Waals surface area contributed by atoms with E-state index in [0.717, 1.165) is 0 Å². The zero-order chi connectivity index (χ0) is 34.3. The zero-order valence-electron chi connectivity index (χ0n) is 31.9. The first-order valence-corrected chi connectivity index (χ1v) is 19.8. The van der Waals surface area contributed by atoms with Crippen molar-refractivity contribution in [2.24, 2.45) is 46.3 Å². The molecule has 0 aliphatic heterocycles. The van der Waals surface area contributed by atoms with E-state index in [4.69, 9.17) is 0 Å². The van der Waals surface area contributed by atoms with E-state index in [1.165, 1.54) is 75.6 Å². The highest BCUT2D eigenvalue weighted by molar-refractivity contribution is 5.56. The predicted molar refractivity (Wildman–Crippen MR) is 209 cm³/mol. The Morgan fingerprint density at radius 1 is 0.531 bits per heavy atom. The van der Waals surface area contributed by atoms with Gasteiger partial charge in [0.05, 0.1) is 0 Å². The normalized spacial score (nSPS) is 30.2. The van der Waals surface area contributed by atoms with Crippen LogP contribution in [0.5, 0.6) is 0 Å². The van der Waals surface area contributed by atoms with Crippen LogP contribution in [0.1, 0.15) is 103 Å². The monoisotopic (exact) mass is 654 g/mol. The van der Waals surface area contributed by atoms with Crippen LogP contribution in [0.4, 0.5) is 11.4 Å². The standard InChI is InChI=1S/C47H62N2/c1-45(2)25-11-13-31-27-40-38(29-42(31)45)39-30-43-32(14-12-26-46(43,3)4)28-41(39)44(40)47(33-15-9-10-16-33,34-17-21-36(22-18-34)48(5)6)35-19-23-37(24-20-35)49(7)8/h17-24,27-30,33,38-41,44H,9-16,25-26H2,1-8H3. The Bertz CT molecular complexity index is 1570.